The van der Waals surface area contributed by atoms with Gasteiger partial charge in [-0.3, -0.25) is 9.59 Å². The molecular weight excluding hydrogens is 486 g/mol. The molecule has 1 atom stereocenters. The number of sulfonamides is 1. The maximum Gasteiger partial charge on any atom is 0.247 e. The molecule has 3 aromatic rings. The zero-order valence-corrected chi connectivity index (χ0v) is 21.9. The molecule has 1 N–H and O–H groups in total. The smallest absolute Gasteiger partial charge is 0.247 e. The number of nitrogens with zero attached hydrogens (tertiary/aromatic N) is 2. The van der Waals surface area contributed by atoms with E-state index >= 15 is 0 Å². The molecule has 0 bridgehead atoms. The van der Waals surface area contributed by atoms with E-state index in [2.05, 4.69) is 5.32 Å². The number of likely N-dealkylation sites (N-methyl/N-ethyl adjacent to an activating group) is 1. The van der Waals surface area contributed by atoms with Crippen LogP contribution in [0.2, 0.25) is 0 Å². The summed E-state index contributed by atoms with van der Waals surface area (Å²) in [5, 5.41) is 2.71. The van der Waals surface area contributed by atoms with Crippen molar-refractivity contribution in [2.24, 2.45) is 0 Å². The van der Waals surface area contributed by atoms with Crippen LogP contribution in [0, 0.1) is 0 Å². The van der Waals surface area contributed by atoms with E-state index in [-0.39, 0.29) is 23.1 Å². The van der Waals surface area contributed by atoms with Crippen molar-refractivity contribution in [1.82, 2.24) is 14.5 Å². The number of carbonyl (C=O) groups excluding carboxylic acids is 2. The Kier molecular flexibility index (Phi) is 8.74. The van der Waals surface area contributed by atoms with Gasteiger partial charge >= 0.3 is 0 Å². The van der Waals surface area contributed by atoms with E-state index in [1.165, 1.54) is 4.31 Å². The summed E-state index contributed by atoms with van der Waals surface area (Å²) in [5.74, 6) is -0.415. The highest BCUT2D eigenvalue weighted by Gasteiger charge is 2.31. The lowest BCUT2D eigenvalue weighted by atomic mass is 10.0. The maximum absolute atomic E-state index is 13.6. The monoisotopic (exact) mass is 519 g/mol. The Morgan fingerprint density at radius 2 is 1.46 bits per heavy atom. The van der Waals surface area contributed by atoms with E-state index in [1.807, 2.05) is 60.7 Å². The Hall–Kier alpha value is -3.49. The summed E-state index contributed by atoms with van der Waals surface area (Å²) >= 11 is 0. The summed E-state index contributed by atoms with van der Waals surface area (Å²) in [6.07, 6.45) is 2.40. The normalized spacial score (nSPS) is 14.7. The highest BCUT2D eigenvalue weighted by Crippen LogP contribution is 2.26. The van der Waals surface area contributed by atoms with E-state index in [4.69, 9.17) is 0 Å². The van der Waals surface area contributed by atoms with Gasteiger partial charge in [0.2, 0.25) is 21.8 Å². The number of rotatable bonds is 10. The Balaban J connectivity index is 1.53. The molecular formula is C29H33N3O4S. The van der Waals surface area contributed by atoms with Gasteiger partial charge in [0.15, 0.2) is 0 Å². The van der Waals surface area contributed by atoms with Crippen LogP contribution in [0.5, 0.6) is 0 Å². The fourth-order valence-electron chi connectivity index (χ4n) is 4.65. The number of benzene rings is 3. The van der Waals surface area contributed by atoms with Gasteiger partial charge in [0.05, 0.1) is 4.90 Å². The molecule has 1 aliphatic rings. The minimum Gasteiger partial charge on any atom is -0.357 e. The molecule has 1 fully saturated rings. The average molecular weight is 520 g/mol. The van der Waals surface area contributed by atoms with Crippen LogP contribution >= 0.6 is 0 Å². The third-order valence-electron chi connectivity index (χ3n) is 6.69. The first kappa shape index (κ1) is 26.6. The second-order valence-electron chi connectivity index (χ2n) is 9.19. The van der Waals surface area contributed by atoms with Crippen LogP contribution in [0.25, 0.3) is 0 Å². The third kappa shape index (κ3) is 6.45. The summed E-state index contributed by atoms with van der Waals surface area (Å²) in [6, 6.07) is 24.9. The standard InChI is InChI=1S/C29H33N3O4S/c1-30-29(34)28(25-12-6-3-7-13-25)32(22-24-10-4-2-5-11-24)27(33)19-16-23-14-17-26(18-15-23)37(35,36)31-20-8-9-21-31/h2-7,10-15,17-18,28H,8-9,16,19-22H2,1H3,(H,30,34)/t28-/m0/s1. The first-order valence-electron chi connectivity index (χ1n) is 12.6. The molecule has 0 aliphatic carbocycles. The van der Waals surface area contributed by atoms with Crippen LogP contribution in [-0.2, 0) is 32.6 Å². The van der Waals surface area contributed by atoms with Gasteiger partial charge in [-0.2, -0.15) is 4.31 Å². The number of aryl methyl sites for hydroxylation is 1. The summed E-state index contributed by atoms with van der Waals surface area (Å²) in [7, 11) is -1.90. The quantitative estimate of drug-likeness (QED) is 0.440. The third-order valence-corrected chi connectivity index (χ3v) is 8.60. The molecule has 37 heavy (non-hydrogen) atoms. The van der Waals surface area contributed by atoms with Gasteiger partial charge in [-0.15, -0.1) is 0 Å². The number of nitrogens with one attached hydrogen (secondary N) is 1. The van der Waals surface area contributed by atoms with Gasteiger partial charge in [-0.25, -0.2) is 8.42 Å². The summed E-state index contributed by atoms with van der Waals surface area (Å²) in [6.45, 7) is 1.41. The molecule has 1 saturated heterocycles. The second kappa shape index (κ2) is 12.2. The Labute approximate surface area is 219 Å². The van der Waals surface area contributed by atoms with E-state index < -0.39 is 16.1 Å². The maximum atomic E-state index is 13.6. The van der Waals surface area contributed by atoms with Gasteiger partial charge in [0.25, 0.3) is 0 Å². The van der Waals surface area contributed by atoms with E-state index in [0.717, 1.165) is 29.5 Å². The van der Waals surface area contributed by atoms with Crippen LogP contribution in [0.1, 0.15) is 42.0 Å². The largest absolute Gasteiger partial charge is 0.357 e. The summed E-state index contributed by atoms with van der Waals surface area (Å²) in [5.41, 5.74) is 2.53. The fourth-order valence-corrected chi connectivity index (χ4v) is 6.17. The minimum absolute atomic E-state index is 0.157. The minimum atomic E-state index is -3.48. The molecule has 0 saturated carbocycles. The lowest BCUT2D eigenvalue weighted by Gasteiger charge is -2.31. The van der Waals surface area contributed by atoms with Crippen molar-refractivity contribution in [3.8, 4) is 0 Å². The molecule has 1 aliphatic heterocycles. The van der Waals surface area contributed by atoms with Crippen LogP contribution < -0.4 is 5.32 Å². The number of amides is 2. The molecule has 8 heteroatoms. The van der Waals surface area contributed by atoms with Crippen molar-refractivity contribution in [3.63, 3.8) is 0 Å². The predicted octanol–water partition coefficient (Wildman–Crippen LogP) is 3.92. The summed E-state index contributed by atoms with van der Waals surface area (Å²) < 4.78 is 27.1. The number of hydrogen-bond donors (Lipinski definition) is 1. The average Bonchev–Trinajstić information content (AvgIpc) is 3.49. The molecule has 1 heterocycles. The van der Waals surface area contributed by atoms with Crippen molar-refractivity contribution >= 4 is 21.8 Å². The van der Waals surface area contributed by atoms with Crippen molar-refractivity contribution < 1.29 is 18.0 Å². The van der Waals surface area contributed by atoms with Gasteiger partial charge < -0.3 is 10.2 Å². The van der Waals surface area contributed by atoms with Crippen LogP contribution in [0.3, 0.4) is 0 Å². The van der Waals surface area contributed by atoms with Crippen molar-refractivity contribution in [2.45, 2.75) is 43.2 Å². The number of carbonyl (C=O) groups is 2. The zero-order valence-electron chi connectivity index (χ0n) is 21.0. The molecule has 4 rings (SSSR count). The number of hydrogen-bond acceptors (Lipinski definition) is 4. The predicted molar refractivity (Wildman–Crippen MR) is 143 cm³/mol. The molecule has 194 valence electrons. The molecule has 0 radical (unpaired) electrons. The van der Waals surface area contributed by atoms with Crippen molar-refractivity contribution in [1.29, 1.82) is 0 Å². The van der Waals surface area contributed by atoms with Gasteiger partial charge in [-0.1, -0.05) is 72.8 Å². The second-order valence-corrected chi connectivity index (χ2v) is 11.1. The summed E-state index contributed by atoms with van der Waals surface area (Å²) in [4.78, 5) is 28.5. The molecule has 3 aromatic carbocycles. The van der Waals surface area contributed by atoms with Crippen molar-refractivity contribution in [3.05, 3.63) is 102 Å². The topological polar surface area (TPSA) is 86.8 Å². The van der Waals surface area contributed by atoms with Crippen LogP contribution in [-0.4, -0.2) is 49.6 Å². The first-order chi connectivity index (χ1) is 17.9. The molecule has 2 amide bonds. The Morgan fingerprint density at radius 1 is 0.865 bits per heavy atom. The highest BCUT2D eigenvalue weighted by atomic mass is 32.2. The lowest BCUT2D eigenvalue weighted by Crippen LogP contribution is -2.42. The van der Waals surface area contributed by atoms with Gasteiger partial charge in [0.1, 0.15) is 6.04 Å². The Morgan fingerprint density at radius 3 is 2.05 bits per heavy atom. The first-order valence-corrected chi connectivity index (χ1v) is 14.0. The van der Waals surface area contributed by atoms with Crippen LogP contribution in [0.15, 0.2) is 89.8 Å². The molecule has 0 unspecified atom stereocenters. The van der Waals surface area contributed by atoms with E-state index in [1.54, 1.807) is 36.2 Å². The fraction of sp³-hybridized carbons (Fsp3) is 0.310. The van der Waals surface area contributed by atoms with Gasteiger partial charge in [0, 0.05) is 33.1 Å². The highest BCUT2D eigenvalue weighted by molar-refractivity contribution is 7.89. The Bertz CT molecular complexity index is 1290. The SMILES string of the molecule is CNC(=O)[C@H](c1ccccc1)N(Cc1ccccc1)C(=O)CCc1ccc(S(=O)(=O)N2CCCC2)cc1. The zero-order chi connectivity index (χ0) is 26.3. The van der Waals surface area contributed by atoms with Crippen LogP contribution in [0.4, 0.5) is 0 Å². The van der Waals surface area contributed by atoms with E-state index in [9.17, 15) is 18.0 Å². The van der Waals surface area contributed by atoms with E-state index in [0.29, 0.717) is 26.1 Å². The lowest BCUT2D eigenvalue weighted by molar-refractivity contribution is -0.141. The molecule has 7 nitrogen and oxygen atoms in total. The van der Waals surface area contributed by atoms with Gasteiger partial charge in [-0.05, 0) is 48.1 Å². The molecule has 0 spiro atoms. The van der Waals surface area contributed by atoms with Crippen molar-refractivity contribution in [2.75, 3.05) is 20.1 Å². The molecule has 0 aromatic heterocycles.